The van der Waals surface area contributed by atoms with Crippen molar-refractivity contribution in [1.82, 2.24) is 9.03 Å². The Kier molecular flexibility index (Phi) is 6.12. The lowest BCUT2D eigenvalue weighted by Gasteiger charge is -2.17. The number of aryl methyl sites for hydroxylation is 1. The molecule has 1 N–H and O–H groups in total. The van der Waals surface area contributed by atoms with Crippen LogP contribution in [-0.2, 0) is 26.3 Å². The fourth-order valence-electron chi connectivity index (χ4n) is 1.56. The molecule has 20 heavy (non-hydrogen) atoms. The van der Waals surface area contributed by atoms with Crippen LogP contribution in [0, 0.1) is 6.92 Å². The number of ether oxygens (including phenoxy) is 1. The van der Waals surface area contributed by atoms with E-state index < -0.39 is 16.2 Å². The molecule has 0 saturated heterocycles. The van der Waals surface area contributed by atoms with E-state index in [4.69, 9.17) is 0 Å². The van der Waals surface area contributed by atoms with Crippen LogP contribution in [0.25, 0.3) is 0 Å². The van der Waals surface area contributed by atoms with Crippen LogP contribution >= 0.6 is 0 Å². The molecule has 6 nitrogen and oxygen atoms in total. The minimum atomic E-state index is -3.60. The van der Waals surface area contributed by atoms with E-state index in [2.05, 4.69) is 9.46 Å². The molecule has 0 bridgehead atoms. The molecule has 0 spiro atoms. The maximum Gasteiger partial charge on any atom is 0.306 e. The molecule has 0 unspecified atom stereocenters. The summed E-state index contributed by atoms with van der Waals surface area (Å²) in [5, 5.41) is 0. The second-order valence-electron chi connectivity index (χ2n) is 4.40. The minimum absolute atomic E-state index is 0.0261. The van der Waals surface area contributed by atoms with E-state index in [1.165, 1.54) is 14.2 Å². The largest absolute Gasteiger partial charge is 0.469 e. The summed E-state index contributed by atoms with van der Waals surface area (Å²) >= 11 is 0. The third kappa shape index (κ3) is 4.92. The van der Waals surface area contributed by atoms with Gasteiger partial charge in [-0.15, -0.1) is 0 Å². The topological polar surface area (TPSA) is 75.7 Å². The van der Waals surface area contributed by atoms with Gasteiger partial charge in [-0.3, -0.25) is 4.79 Å². The maximum absolute atomic E-state index is 12.0. The Bertz CT molecular complexity index is 557. The Hall–Kier alpha value is -1.44. The van der Waals surface area contributed by atoms with Gasteiger partial charge in [0.1, 0.15) is 0 Å². The van der Waals surface area contributed by atoms with Crippen molar-refractivity contribution in [2.24, 2.45) is 0 Å². The van der Waals surface area contributed by atoms with Crippen LogP contribution in [0.2, 0.25) is 0 Å². The lowest BCUT2D eigenvalue weighted by atomic mass is 10.1. The highest BCUT2D eigenvalue weighted by Crippen LogP contribution is 2.07. The van der Waals surface area contributed by atoms with E-state index in [0.717, 1.165) is 15.4 Å². The Morgan fingerprint density at radius 2 is 2.00 bits per heavy atom. The lowest BCUT2D eigenvalue weighted by molar-refractivity contribution is -0.140. The summed E-state index contributed by atoms with van der Waals surface area (Å²) in [6, 6.07) is 7.55. The van der Waals surface area contributed by atoms with Gasteiger partial charge < -0.3 is 4.74 Å². The Balaban J connectivity index is 2.57. The third-order valence-electron chi connectivity index (χ3n) is 2.98. The first-order valence-corrected chi connectivity index (χ1v) is 7.63. The SMILES string of the molecule is COC(=O)CCN(C)S(=O)(=O)NCc1ccccc1C. The molecule has 0 radical (unpaired) electrons. The van der Waals surface area contributed by atoms with Gasteiger partial charge in [0.25, 0.3) is 10.2 Å². The van der Waals surface area contributed by atoms with E-state index in [1.807, 2.05) is 31.2 Å². The molecule has 1 aromatic carbocycles. The van der Waals surface area contributed by atoms with E-state index in [-0.39, 0.29) is 19.5 Å². The lowest BCUT2D eigenvalue weighted by Crippen LogP contribution is -2.39. The van der Waals surface area contributed by atoms with E-state index >= 15 is 0 Å². The highest BCUT2D eigenvalue weighted by atomic mass is 32.2. The fourth-order valence-corrected chi connectivity index (χ4v) is 2.45. The summed E-state index contributed by atoms with van der Waals surface area (Å²) < 4.78 is 32.0. The first-order valence-electron chi connectivity index (χ1n) is 6.19. The number of methoxy groups -OCH3 is 1. The first-order chi connectivity index (χ1) is 9.36. The predicted octanol–water partition coefficient (Wildman–Crippen LogP) is 0.824. The second-order valence-corrected chi connectivity index (χ2v) is 6.26. The number of esters is 1. The molecule has 0 aliphatic heterocycles. The number of hydrogen-bond acceptors (Lipinski definition) is 4. The number of nitrogens with one attached hydrogen (secondary N) is 1. The molecule has 0 atom stereocenters. The molecule has 0 aromatic heterocycles. The average molecular weight is 300 g/mol. The van der Waals surface area contributed by atoms with Crippen molar-refractivity contribution in [2.45, 2.75) is 19.9 Å². The normalized spacial score (nSPS) is 11.6. The van der Waals surface area contributed by atoms with Gasteiger partial charge >= 0.3 is 5.97 Å². The van der Waals surface area contributed by atoms with Gasteiger partial charge in [-0.25, -0.2) is 0 Å². The molecule has 0 aliphatic carbocycles. The van der Waals surface area contributed by atoms with Gasteiger partial charge in [0.2, 0.25) is 0 Å². The smallest absolute Gasteiger partial charge is 0.306 e. The van der Waals surface area contributed by atoms with Gasteiger partial charge in [0.05, 0.1) is 13.5 Å². The van der Waals surface area contributed by atoms with E-state index in [0.29, 0.717) is 0 Å². The van der Waals surface area contributed by atoms with Gasteiger partial charge in [0, 0.05) is 20.1 Å². The van der Waals surface area contributed by atoms with E-state index in [1.54, 1.807) is 0 Å². The molecule has 7 heteroatoms. The third-order valence-corrected chi connectivity index (χ3v) is 4.49. The summed E-state index contributed by atoms with van der Waals surface area (Å²) in [4.78, 5) is 11.0. The van der Waals surface area contributed by atoms with Crippen molar-refractivity contribution < 1.29 is 17.9 Å². The van der Waals surface area contributed by atoms with Crippen LogP contribution in [0.15, 0.2) is 24.3 Å². The summed E-state index contributed by atoms with van der Waals surface area (Å²) in [7, 11) is -0.913. The molecule has 0 aliphatic rings. The standard InChI is InChI=1S/C13H20N2O4S/c1-11-6-4-5-7-12(11)10-14-20(17,18)15(2)9-8-13(16)19-3/h4-7,14H,8-10H2,1-3H3. The molecule has 0 saturated carbocycles. The van der Waals surface area contributed by atoms with Gasteiger partial charge in [-0.1, -0.05) is 24.3 Å². The summed E-state index contributed by atoms with van der Waals surface area (Å²) in [5.74, 6) is -0.439. The number of nitrogens with zero attached hydrogens (tertiary/aromatic N) is 1. The van der Waals surface area contributed by atoms with Crippen molar-refractivity contribution in [3.8, 4) is 0 Å². The molecule has 1 rings (SSSR count). The predicted molar refractivity (Wildman–Crippen MR) is 76.2 cm³/mol. The van der Waals surface area contributed by atoms with Crippen LogP contribution in [0.1, 0.15) is 17.5 Å². The average Bonchev–Trinajstić information content (AvgIpc) is 2.43. The monoisotopic (exact) mass is 300 g/mol. The number of carbonyl (C=O) groups is 1. The first kappa shape index (κ1) is 16.6. The van der Waals surface area contributed by atoms with Crippen molar-refractivity contribution in [1.29, 1.82) is 0 Å². The Labute approximate surface area is 119 Å². The van der Waals surface area contributed by atoms with Gasteiger partial charge in [-0.2, -0.15) is 17.4 Å². The number of benzene rings is 1. The van der Waals surface area contributed by atoms with Crippen LogP contribution < -0.4 is 4.72 Å². The number of carbonyl (C=O) groups excluding carboxylic acids is 1. The highest BCUT2D eigenvalue weighted by molar-refractivity contribution is 7.87. The minimum Gasteiger partial charge on any atom is -0.469 e. The van der Waals surface area contributed by atoms with Gasteiger partial charge in [-0.05, 0) is 18.1 Å². The molecule has 0 heterocycles. The van der Waals surface area contributed by atoms with Gasteiger partial charge in [0.15, 0.2) is 0 Å². The van der Waals surface area contributed by atoms with Crippen molar-refractivity contribution in [2.75, 3.05) is 20.7 Å². The molecule has 112 valence electrons. The van der Waals surface area contributed by atoms with E-state index in [9.17, 15) is 13.2 Å². The van der Waals surface area contributed by atoms with Crippen LogP contribution in [0.5, 0.6) is 0 Å². The number of hydrogen-bond donors (Lipinski definition) is 1. The molecule has 0 amide bonds. The Morgan fingerprint density at radius 3 is 2.60 bits per heavy atom. The summed E-state index contributed by atoms with van der Waals surface area (Å²) in [5.41, 5.74) is 1.94. The summed E-state index contributed by atoms with van der Waals surface area (Å²) in [6.07, 6.45) is 0.0261. The zero-order valence-electron chi connectivity index (χ0n) is 11.9. The van der Waals surface area contributed by atoms with Crippen molar-refractivity contribution in [3.63, 3.8) is 0 Å². The fraction of sp³-hybridized carbons (Fsp3) is 0.462. The second kappa shape index (κ2) is 7.37. The zero-order chi connectivity index (χ0) is 15.2. The quantitative estimate of drug-likeness (QED) is 0.757. The zero-order valence-corrected chi connectivity index (χ0v) is 12.7. The van der Waals surface area contributed by atoms with Crippen molar-refractivity contribution >= 4 is 16.2 Å². The summed E-state index contributed by atoms with van der Waals surface area (Å²) in [6.45, 7) is 2.22. The molecular weight excluding hydrogens is 280 g/mol. The maximum atomic E-state index is 12.0. The highest BCUT2D eigenvalue weighted by Gasteiger charge is 2.18. The van der Waals surface area contributed by atoms with Crippen LogP contribution in [-0.4, -0.2) is 39.4 Å². The van der Waals surface area contributed by atoms with Crippen LogP contribution in [0.4, 0.5) is 0 Å². The molecule has 1 aromatic rings. The molecule has 0 fully saturated rings. The van der Waals surface area contributed by atoms with Crippen molar-refractivity contribution in [3.05, 3.63) is 35.4 Å². The van der Waals surface area contributed by atoms with Crippen LogP contribution in [0.3, 0.4) is 0 Å². The Morgan fingerprint density at radius 1 is 1.35 bits per heavy atom. The molecular formula is C13H20N2O4S. The number of rotatable bonds is 7.